The number of methoxy groups -OCH3 is 1. The molecule has 9 rings (SSSR count). The highest BCUT2D eigenvalue weighted by molar-refractivity contribution is 7.91. The number of rotatable bonds is 7. The lowest BCUT2D eigenvalue weighted by atomic mass is 9.81. The molecule has 4 atom stereocenters. The Hall–Kier alpha value is -3.41. The number of aromatic nitrogens is 1. The van der Waals surface area contributed by atoms with Gasteiger partial charge in [0.2, 0.25) is 15.9 Å². The molecule has 0 spiro atoms. The predicted octanol–water partition coefficient (Wildman–Crippen LogP) is 4.67. The average molecular weight is 672 g/mol. The Morgan fingerprint density at radius 1 is 1.02 bits per heavy atom. The topological polar surface area (TPSA) is 127 Å². The summed E-state index contributed by atoms with van der Waals surface area (Å²) in [6.07, 6.45) is 8.42. The van der Waals surface area contributed by atoms with Crippen LogP contribution in [0.2, 0.25) is 0 Å². The van der Waals surface area contributed by atoms with Gasteiger partial charge in [-0.2, -0.15) is 0 Å². The molecule has 2 unspecified atom stereocenters. The number of amides is 2. The molecule has 3 aliphatic carbocycles. The molecule has 4 heterocycles. The maximum absolute atomic E-state index is 15.0. The van der Waals surface area contributed by atoms with E-state index in [0.29, 0.717) is 44.0 Å². The molecule has 3 saturated carbocycles. The van der Waals surface area contributed by atoms with Crippen molar-refractivity contribution in [1.29, 1.82) is 0 Å². The second-order valence-corrected chi connectivity index (χ2v) is 17.4. The molecule has 2 bridgehead atoms. The summed E-state index contributed by atoms with van der Waals surface area (Å²) in [5.41, 5.74) is 11.5. The van der Waals surface area contributed by atoms with Crippen LogP contribution in [0.25, 0.3) is 22.2 Å². The minimum absolute atomic E-state index is 0.0180. The minimum Gasteiger partial charge on any atom is -0.497 e. The number of sulfonamides is 1. The summed E-state index contributed by atoms with van der Waals surface area (Å²) in [5.74, 6) is 0.664. The summed E-state index contributed by atoms with van der Waals surface area (Å²) in [5, 5.41) is 0.589. The fourth-order valence-electron chi connectivity index (χ4n) is 9.85. The Bertz CT molecular complexity index is 1980. The van der Waals surface area contributed by atoms with Crippen LogP contribution in [0.4, 0.5) is 0 Å². The van der Waals surface area contributed by atoms with Gasteiger partial charge in [-0.1, -0.05) is 32.3 Å². The van der Waals surface area contributed by atoms with Crippen LogP contribution in [0.1, 0.15) is 98.0 Å². The quantitative estimate of drug-likeness (QED) is 0.374. The van der Waals surface area contributed by atoms with Crippen LogP contribution in [0.15, 0.2) is 36.4 Å². The van der Waals surface area contributed by atoms with Crippen molar-refractivity contribution in [1.82, 2.24) is 19.1 Å². The monoisotopic (exact) mass is 671 g/mol. The van der Waals surface area contributed by atoms with Crippen molar-refractivity contribution in [3.05, 3.63) is 53.1 Å². The molecule has 48 heavy (non-hydrogen) atoms. The van der Waals surface area contributed by atoms with Crippen LogP contribution in [0.5, 0.6) is 5.75 Å². The Morgan fingerprint density at radius 2 is 1.81 bits per heavy atom. The van der Waals surface area contributed by atoms with E-state index in [9.17, 15) is 18.0 Å². The highest BCUT2D eigenvalue weighted by atomic mass is 32.2. The van der Waals surface area contributed by atoms with Gasteiger partial charge in [0, 0.05) is 60.0 Å². The molecule has 2 amide bonds. The van der Waals surface area contributed by atoms with Gasteiger partial charge in [-0.05, 0) is 86.0 Å². The number of nitrogens with two attached hydrogens (primary N) is 1. The van der Waals surface area contributed by atoms with Gasteiger partial charge in [0.25, 0.3) is 5.91 Å². The van der Waals surface area contributed by atoms with Crippen LogP contribution in [-0.2, 0) is 21.4 Å². The van der Waals surface area contributed by atoms with Crippen LogP contribution < -0.4 is 15.2 Å². The number of likely N-dealkylation sites (N-methyl/N-ethyl adjacent to an activating group) is 1. The summed E-state index contributed by atoms with van der Waals surface area (Å²) in [6, 6.07) is 12.2. The summed E-state index contributed by atoms with van der Waals surface area (Å²) in [6.45, 7) is 4.89. The van der Waals surface area contributed by atoms with E-state index in [-0.39, 0.29) is 17.9 Å². The molecule has 1 aromatic heterocycles. The maximum atomic E-state index is 15.0. The number of likely N-dealkylation sites (tertiary alicyclic amines) is 2. The number of hydrogen-bond donors (Lipinski definition) is 2. The molecule has 0 radical (unpaired) electrons. The third-order valence-corrected chi connectivity index (χ3v) is 14.4. The van der Waals surface area contributed by atoms with Crippen LogP contribution >= 0.6 is 0 Å². The van der Waals surface area contributed by atoms with E-state index in [4.69, 9.17) is 10.5 Å². The molecular weight excluding hydrogens is 627 g/mol. The lowest BCUT2D eigenvalue weighted by molar-refractivity contribution is -0.144. The number of nitrogens with one attached hydrogen (secondary N) is 1. The van der Waals surface area contributed by atoms with Crippen molar-refractivity contribution in [2.45, 2.75) is 100 Å². The van der Waals surface area contributed by atoms with Gasteiger partial charge in [-0.3, -0.25) is 14.5 Å². The van der Waals surface area contributed by atoms with Gasteiger partial charge < -0.3 is 19.9 Å². The number of piperazine rings is 1. The summed E-state index contributed by atoms with van der Waals surface area (Å²) >= 11 is 0. The van der Waals surface area contributed by atoms with Crippen molar-refractivity contribution in [2.75, 3.05) is 26.7 Å². The molecular formula is C37H45N5O5S. The summed E-state index contributed by atoms with van der Waals surface area (Å²) in [7, 11) is -2.02. The lowest BCUT2D eigenvalue weighted by Gasteiger charge is -2.41. The number of hydrogen-bond acceptors (Lipinski definition) is 7. The SMILES string of the molecule is CCN1C[C@@]2(N)C[C@@H]1CN2C(=O)C12CC1c1cc(OC)ccc1-c1c(C3CCCCC3)c3ccc(C(=O)NS(=O)(=O)C4CC4)cc3n1C2. The van der Waals surface area contributed by atoms with Crippen molar-refractivity contribution in [3.8, 4) is 17.0 Å². The highest BCUT2D eigenvalue weighted by Gasteiger charge is 2.67. The smallest absolute Gasteiger partial charge is 0.264 e. The Kier molecular flexibility index (Phi) is 6.73. The fraction of sp³-hybridized carbons (Fsp3) is 0.568. The molecule has 2 saturated heterocycles. The molecule has 11 heteroatoms. The largest absolute Gasteiger partial charge is 0.497 e. The van der Waals surface area contributed by atoms with E-state index in [1.807, 2.05) is 23.1 Å². The number of carbonyl (C=O) groups is 2. The normalized spacial score (nSPS) is 29.7. The molecule has 3 aliphatic heterocycles. The van der Waals surface area contributed by atoms with Crippen molar-refractivity contribution in [2.24, 2.45) is 11.1 Å². The first kappa shape index (κ1) is 30.6. The van der Waals surface area contributed by atoms with Crippen molar-refractivity contribution >= 4 is 32.7 Å². The van der Waals surface area contributed by atoms with Crippen LogP contribution in [0.3, 0.4) is 0 Å². The first-order chi connectivity index (χ1) is 23.1. The number of benzene rings is 2. The first-order valence-electron chi connectivity index (χ1n) is 17.8. The van der Waals surface area contributed by atoms with Gasteiger partial charge in [0.15, 0.2) is 0 Å². The van der Waals surface area contributed by atoms with Gasteiger partial charge in [0.05, 0.1) is 23.5 Å². The first-order valence-corrected chi connectivity index (χ1v) is 19.4. The number of fused-ring (bicyclic) bond motifs is 9. The van der Waals surface area contributed by atoms with E-state index in [1.54, 1.807) is 13.2 Å². The molecule has 6 aliphatic rings. The highest BCUT2D eigenvalue weighted by Crippen LogP contribution is 2.67. The van der Waals surface area contributed by atoms with E-state index in [0.717, 1.165) is 65.7 Å². The molecule has 10 nitrogen and oxygen atoms in total. The van der Waals surface area contributed by atoms with E-state index >= 15 is 0 Å². The Morgan fingerprint density at radius 3 is 2.50 bits per heavy atom. The van der Waals surface area contributed by atoms with E-state index in [1.165, 1.54) is 24.8 Å². The summed E-state index contributed by atoms with van der Waals surface area (Å²) < 4.78 is 35.8. The van der Waals surface area contributed by atoms with Gasteiger partial charge in [-0.25, -0.2) is 13.1 Å². The Balaban J connectivity index is 1.21. The number of nitrogens with zero attached hydrogens (tertiary/aromatic N) is 3. The average Bonchev–Trinajstić information content (AvgIpc) is 3.99. The van der Waals surface area contributed by atoms with Gasteiger partial charge >= 0.3 is 0 Å². The van der Waals surface area contributed by atoms with Gasteiger partial charge in [0.1, 0.15) is 11.4 Å². The minimum atomic E-state index is -3.70. The standard InChI is InChI=1S/C37H45N5O5S/c1-3-40-21-37(38)17-24(40)19-42(37)35(44)36-18-30(36)29-16-25(47-2)10-14-27(29)33-32(22-7-5-4-6-8-22)28-13-9-23(15-31(28)41(33)20-36)34(43)39-48(45,46)26-11-12-26/h9-10,13-16,22,24,26,30H,3-8,11-12,17-21,38H2,1-2H3,(H,39,43)/t24-,30?,36?,37-/m1/s1. The predicted molar refractivity (Wildman–Crippen MR) is 183 cm³/mol. The van der Waals surface area contributed by atoms with E-state index < -0.39 is 32.3 Å². The fourth-order valence-corrected chi connectivity index (χ4v) is 11.1. The maximum Gasteiger partial charge on any atom is 0.264 e. The van der Waals surface area contributed by atoms with Crippen LogP contribution in [-0.4, -0.2) is 78.3 Å². The zero-order valence-electron chi connectivity index (χ0n) is 27.8. The van der Waals surface area contributed by atoms with Crippen molar-refractivity contribution in [3.63, 3.8) is 0 Å². The van der Waals surface area contributed by atoms with Crippen molar-refractivity contribution < 1.29 is 22.7 Å². The third kappa shape index (κ3) is 4.46. The third-order valence-electron chi connectivity index (χ3n) is 12.6. The second-order valence-electron chi connectivity index (χ2n) is 15.4. The summed E-state index contributed by atoms with van der Waals surface area (Å²) in [4.78, 5) is 32.8. The molecule has 3 aromatic rings. The molecule has 5 fully saturated rings. The lowest BCUT2D eigenvalue weighted by Crippen LogP contribution is -2.62. The zero-order valence-corrected chi connectivity index (χ0v) is 28.7. The van der Waals surface area contributed by atoms with Gasteiger partial charge in [-0.15, -0.1) is 0 Å². The molecule has 254 valence electrons. The molecule has 2 aromatic carbocycles. The van der Waals surface area contributed by atoms with E-state index in [2.05, 4.69) is 33.2 Å². The Labute approximate surface area is 282 Å². The number of carbonyl (C=O) groups excluding carboxylic acids is 2. The second kappa shape index (κ2) is 10.5. The van der Waals surface area contributed by atoms with Crippen LogP contribution in [0, 0.1) is 5.41 Å². The zero-order chi connectivity index (χ0) is 33.2. The molecule has 3 N–H and O–H groups in total. The number of ether oxygens (including phenoxy) is 1.